The van der Waals surface area contributed by atoms with Gasteiger partial charge in [-0.05, 0) is 38.1 Å². The van der Waals surface area contributed by atoms with Gasteiger partial charge in [0.05, 0.1) is 5.02 Å². The minimum absolute atomic E-state index is 0.268. The Morgan fingerprint density at radius 3 is 2.86 bits per heavy atom. The monoisotopic (exact) mass is 308 g/mol. The molecule has 0 saturated carbocycles. The van der Waals surface area contributed by atoms with Crippen LogP contribution in [0.2, 0.25) is 5.02 Å². The number of nitrogens with zero attached hydrogens (tertiary/aromatic N) is 3. The fraction of sp³-hybridized carbons (Fsp3) is 0.467. The molecule has 1 heterocycles. The summed E-state index contributed by atoms with van der Waals surface area (Å²) < 4.78 is 7.54. The second kappa shape index (κ2) is 7.43. The van der Waals surface area contributed by atoms with Crippen molar-refractivity contribution in [1.82, 2.24) is 20.1 Å². The first-order valence-electron chi connectivity index (χ1n) is 7.18. The van der Waals surface area contributed by atoms with Crippen LogP contribution in [0.15, 0.2) is 24.5 Å². The minimum atomic E-state index is 0.268. The molecule has 1 aromatic carbocycles. The Hall–Kier alpha value is -1.59. The lowest BCUT2D eigenvalue weighted by atomic mass is 10.1. The summed E-state index contributed by atoms with van der Waals surface area (Å²) in [5.74, 6) is 1.45. The average molecular weight is 309 g/mol. The highest BCUT2D eigenvalue weighted by atomic mass is 35.5. The highest BCUT2D eigenvalue weighted by molar-refractivity contribution is 6.32. The van der Waals surface area contributed by atoms with Gasteiger partial charge < -0.3 is 10.1 Å². The van der Waals surface area contributed by atoms with Crippen molar-refractivity contribution in [2.45, 2.75) is 40.0 Å². The van der Waals surface area contributed by atoms with Crippen molar-refractivity contribution in [1.29, 1.82) is 0 Å². The lowest BCUT2D eigenvalue weighted by Crippen LogP contribution is -2.17. The molecule has 0 bridgehead atoms. The fourth-order valence-electron chi connectivity index (χ4n) is 2.13. The zero-order valence-corrected chi connectivity index (χ0v) is 13.4. The molecular formula is C15H21ClN4O. The van der Waals surface area contributed by atoms with E-state index in [4.69, 9.17) is 16.3 Å². The molecule has 0 aliphatic rings. The predicted octanol–water partition coefficient (Wildman–Crippen LogP) is 3.20. The molecule has 6 heteroatoms. The van der Waals surface area contributed by atoms with Gasteiger partial charge >= 0.3 is 0 Å². The van der Waals surface area contributed by atoms with Crippen molar-refractivity contribution < 1.29 is 4.74 Å². The van der Waals surface area contributed by atoms with E-state index in [1.807, 2.05) is 25.1 Å². The molecule has 114 valence electrons. The van der Waals surface area contributed by atoms with Crippen LogP contribution < -0.4 is 10.1 Å². The van der Waals surface area contributed by atoms with Gasteiger partial charge in [0, 0.05) is 12.6 Å². The summed E-state index contributed by atoms with van der Waals surface area (Å²) in [7, 11) is 0. The molecule has 0 aliphatic heterocycles. The summed E-state index contributed by atoms with van der Waals surface area (Å²) in [6, 6.07) is 6.14. The SMILES string of the molecule is CCNC(C)c1ccc(OCc2ncnn2CC)c(Cl)c1. The Kier molecular flexibility index (Phi) is 5.59. The average Bonchev–Trinajstić information content (AvgIpc) is 2.93. The van der Waals surface area contributed by atoms with Crippen LogP contribution >= 0.6 is 11.6 Å². The van der Waals surface area contributed by atoms with Crippen LogP contribution in [0, 0.1) is 0 Å². The van der Waals surface area contributed by atoms with Gasteiger partial charge in [-0.2, -0.15) is 5.10 Å². The maximum atomic E-state index is 6.29. The van der Waals surface area contributed by atoms with Crippen molar-refractivity contribution in [3.05, 3.63) is 40.9 Å². The molecule has 0 spiro atoms. The minimum Gasteiger partial charge on any atom is -0.484 e. The number of hydrogen-bond acceptors (Lipinski definition) is 4. The number of aryl methyl sites for hydroxylation is 1. The normalized spacial score (nSPS) is 12.4. The van der Waals surface area contributed by atoms with E-state index in [-0.39, 0.29) is 6.04 Å². The fourth-order valence-corrected chi connectivity index (χ4v) is 2.38. The number of rotatable bonds is 7. The summed E-state index contributed by atoms with van der Waals surface area (Å²) in [5, 5.41) is 8.08. The molecule has 2 rings (SSSR count). The van der Waals surface area contributed by atoms with E-state index in [9.17, 15) is 0 Å². The van der Waals surface area contributed by atoms with Crippen LogP contribution in [0.25, 0.3) is 0 Å². The molecule has 0 amide bonds. The Morgan fingerprint density at radius 2 is 2.19 bits per heavy atom. The molecule has 1 N–H and O–H groups in total. The molecule has 2 aromatic rings. The van der Waals surface area contributed by atoms with Gasteiger partial charge in [0.2, 0.25) is 0 Å². The summed E-state index contributed by atoms with van der Waals surface area (Å²) in [5.41, 5.74) is 1.14. The van der Waals surface area contributed by atoms with Crippen LogP contribution in [0.3, 0.4) is 0 Å². The Bertz CT molecular complexity index is 585. The predicted molar refractivity (Wildman–Crippen MR) is 83.6 cm³/mol. The first-order valence-corrected chi connectivity index (χ1v) is 7.55. The second-order valence-electron chi connectivity index (χ2n) is 4.75. The van der Waals surface area contributed by atoms with Crippen LogP contribution in [0.1, 0.15) is 38.2 Å². The summed E-state index contributed by atoms with van der Waals surface area (Å²) in [6.07, 6.45) is 1.53. The van der Waals surface area contributed by atoms with E-state index in [0.717, 1.165) is 24.5 Å². The molecule has 0 radical (unpaired) electrons. The molecule has 1 aromatic heterocycles. The molecule has 0 saturated heterocycles. The lowest BCUT2D eigenvalue weighted by molar-refractivity contribution is 0.287. The van der Waals surface area contributed by atoms with Crippen LogP contribution in [0.5, 0.6) is 5.75 Å². The van der Waals surface area contributed by atoms with Gasteiger partial charge in [0.25, 0.3) is 0 Å². The highest BCUT2D eigenvalue weighted by Crippen LogP contribution is 2.28. The third-order valence-electron chi connectivity index (χ3n) is 3.32. The highest BCUT2D eigenvalue weighted by Gasteiger charge is 2.09. The number of aromatic nitrogens is 3. The number of benzene rings is 1. The number of halogens is 1. The molecule has 5 nitrogen and oxygen atoms in total. The Labute approximate surface area is 130 Å². The summed E-state index contributed by atoms with van der Waals surface area (Å²) in [4.78, 5) is 4.18. The van der Waals surface area contributed by atoms with Crippen molar-refractivity contribution >= 4 is 11.6 Å². The third kappa shape index (κ3) is 3.95. The first-order chi connectivity index (χ1) is 10.2. The van der Waals surface area contributed by atoms with E-state index in [0.29, 0.717) is 17.4 Å². The zero-order valence-electron chi connectivity index (χ0n) is 12.6. The Balaban J connectivity index is 2.04. The van der Waals surface area contributed by atoms with E-state index in [2.05, 4.69) is 29.2 Å². The number of nitrogens with one attached hydrogen (secondary N) is 1. The molecule has 21 heavy (non-hydrogen) atoms. The van der Waals surface area contributed by atoms with Gasteiger partial charge in [-0.25, -0.2) is 9.67 Å². The summed E-state index contributed by atoms with van der Waals surface area (Å²) >= 11 is 6.29. The van der Waals surface area contributed by atoms with Crippen molar-refractivity contribution in [2.75, 3.05) is 6.54 Å². The van der Waals surface area contributed by atoms with E-state index >= 15 is 0 Å². The van der Waals surface area contributed by atoms with Gasteiger partial charge in [0.1, 0.15) is 18.7 Å². The quantitative estimate of drug-likeness (QED) is 0.853. The second-order valence-corrected chi connectivity index (χ2v) is 5.16. The largest absolute Gasteiger partial charge is 0.484 e. The standard InChI is InChI=1S/C15H21ClN4O/c1-4-17-11(3)12-6-7-14(13(16)8-12)21-9-15-18-10-19-20(15)5-2/h6-8,10-11,17H,4-5,9H2,1-3H3. The molecule has 1 atom stereocenters. The van der Waals surface area contributed by atoms with Crippen LogP contribution in [-0.2, 0) is 13.2 Å². The molecular weight excluding hydrogens is 288 g/mol. The van der Waals surface area contributed by atoms with Crippen molar-refractivity contribution in [3.8, 4) is 5.75 Å². The molecule has 0 aliphatic carbocycles. The van der Waals surface area contributed by atoms with E-state index in [1.165, 1.54) is 6.33 Å². The van der Waals surface area contributed by atoms with Gasteiger partial charge in [-0.1, -0.05) is 24.6 Å². The lowest BCUT2D eigenvalue weighted by Gasteiger charge is -2.15. The maximum absolute atomic E-state index is 6.29. The van der Waals surface area contributed by atoms with Gasteiger partial charge in [0.15, 0.2) is 5.82 Å². The van der Waals surface area contributed by atoms with E-state index in [1.54, 1.807) is 4.68 Å². The molecule has 0 fully saturated rings. The number of hydrogen-bond donors (Lipinski definition) is 1. The smallest absolute Gasteiger partial charge is 0.164 e. The van der Waals surface area contributed by atoms with Crippen molar-refractivity contribution in [2.24, 2.45) is 0 Å². The maximum Gasteiger partial charge on any atom is 0.164 e. The van der Waals surface area contributed by atoms with Gasteiger partial charge in [-0.3, -0.25) is 0 Å². The summed E-state index contributed by atoms with van der Waals surface area (Å²) in [6.45, 7) is 8.26. The van der Waals surface area contributed by atoms with Crippen LogP contribution in [-0.4, -0.2) is 21.3 Å². The third-order valence-corrected chi connectivity index (χ3v) is 3.61. The van der Waals surface area contributed by atoms with Crippen LogP contribution in [0.4, 0.5) is 0 Å². The van der Waals surface area contributed by atoms with E-state index < -0.39 is 0 Å². The van der Waals surface area contributed by atoms with Gasteiger partial charge in [-0.15, -0.1) is 0 Å². The topological polar surface area (TPSA) is 52.0 Å². The Morgan fingerprint density at radius 1 is 1.38 bits per heavy atom. The zero-order chi connectivity index (χ0) is 15.2. The number of ether oxygens (including phenoxy) is 1. The first kappa shape index (κ1) is 15.8. The van der Waals surface area contributed by atoms with Crippen molar-refractivity contribution in [3.63, 3.8) is 0 Å². The molecule has 1 unspecified atom stereocenters.